The molecule has 0 aromatic carbocycles. The average Bonchev–Trinajstić information content (AvgIpc) is 2.80. The zero-order valence-electron chi connectivity index (χ0n) is 21.4. The fourth-order valence-corrected chi connectivity index (χ4v) is 3.74. The molecule has 0 saturated heterocycles. The van der Waals surface area contributed by atoms with Crippen LogP contribution in [0.4, 0.5) is 0 Å². The molecule has 0 spiro atoms. The smallest absolute Gasteiger partial charge is 0.267 e. The number of rotatable bonds is 20. The molecule has 35 heavy (non-hydrogen) atoms. The van der Waals surface area contributed by atoms with Gasteiger partial charge in [-0.3, -0.25) is 9.35 Å². The molecule has 0 bridgehead atoms. The molecule has 0 radical (unpaired) electrons. The van der Waals surface area contributed by atoms with Gasteiger partial charge in [0.2, 0.25) is 5.91 Å². The summed E-state index contributed by atoms with van der Waals surface area (Å²) in [7, 11) is -4.36. The lowest BCUT2D eigenvalue weighted by atomic mass is 10.1. The van der Waals surface area contributed by atoms with E-state index in [-0.39, 0.29) is 12.3 Å². The number of hydrogen-bond acceptors (Lipinski definition) is 4. The van der Waals surface area contributed by atoms with Crippen molar-refractivity contribution in [3.8, 4) is 0 Å². The highest BCUT2D eigenvalue weighted by Crippen LogP contribution is 2.05. The number of amides is 1. The van der Waals surface area contributed by atoms with E-state index in [1.54, 1.807) is 6.08 Å². The van der Waals surface area contributed by atoms with Gasteiger partial charge in [0.1, 0.15) is 0 Å². The first-order chi connectivity index (χ1) is 16.8. The number of aliphatic hydroxyl groups excluding tert-OH is 1. The van der Waals surface area contributed by atoms with Gasteiger partial charge in [-0.2, -0.15) is 8.42 Å². The summed E-state index contributed by atoms with van der Waals surface area (Å²) in [5, 5.41) is 12.9. The molecular weight excluding hydrogens is 462 g/mol. The van der Waals surface area contributed by atoms with E-state index in [4.69, 9.17) is 0 Å². The summed E-state index contributed by atoms with van der Waals surface area (Å²) in [6, 6.07) is -1.11. The summed E-state index contributed by atoms with van der Waals surface area (Å²) in [5.74, 6) is -1.12. The standard InChI is InChI=1S/C28H45NO5S/c1-3-5-7-9-11-12-13-14-15-16-18-20-22-24-28(31)29-26(25-35(32,33)34)27(30)23-21-19-17-10-8-6-4-2/h5,7-8,10-12,14-15,18,20-21,23,26-27,30H,3-4,6,9,13,16-17,19,22,24-25H2,1-2H3,(H,29,31)(H,32,33,34)/b7-5-,10-8+,12-11-,15-14-,20-18-,23-21+. The first kappa shape index (κ1) is 32.8. The van der Waals surface area contributed by atoms with Gasteiger partial charge in [-0.25, -0.2) is 0 Å². The summed E-state index contributed by atoms with van der Waals surface area (Å²) in [5.41, 5.74) is 0. The monoisotopic (exact) mass is 507 g/mol. The topological polar surface area (TPSA) is 104 Å². The van der Waals surface area contributed by atoms with Crippen molar-refractivity contribution in [2.75, 3.05) is 5.75 Å². The number of carbonyl (C=O) groups is 1. The van der Waals surface area contributed by atoms with Gasteiger partial charge in [-0.05, 0) is 51.4 Å². The lowest BCUT2D eigenvalue weighted by Crippen LogP contribution is -2.46. The van der Waals surface area contributed by atoms with Crippen LogP contribution in [0, 0.1) is 0 Å². The molecule has 0 aliphatic rings. The lowest BCUT2D eigenvalue weighted by Gasteiger charge is -2.20. The van der Waals surface area contributed by atoms with Gasteiger partial charge in [-0.1, -0.05) is 93.2 Å². The normalized spacial score (nSPS) is 15.0. The maximum atomic E-state index is 12.2. The van der Waals surface area contributed by atoms with Gasteiger partial charge in [-0.15, -0.1) is 0 Å². The number of aliphatic hydroxyl groups is 1. The molecule has 0 aromatic heterocycles. The Morgan fingerprint density at radius 2 is 1.29 bits per heavy atom. The Labute approximate surface area is 213 Å². The molecule has 0 aliphatic carbocycles. The Balaban J connectivity index is 4.39. The Morgan fingerprint density at radius 3 is 1.86 bits per heavy atom. The van der Waals surface area contributed by atoms with Crippen LogP contribution in [-0.4, -0.2) is 41.9 Å². The summed E-state index contributed by atoms with van der Waals surface area (Å²) in [6.45, 7) is 4.22. The Kier molecular flexibility index (Phi) is 20.8. The highest BCUT2D eigenvalue weighted by molar-refractivity contribution is 7.85. The van der Waals surface area contributed by atoms with Crippen LogP contribution in [-0.2, 0) is 14.9 Å². The highest BCUT2D eigenvalue weighted by Gasteiger charge is 2.24. The summed E-state index contributed by atoms with van der Waals surface area (Å²) >= 11 is 0. The van der Waals surface area contributed by atoms with Gasteiger partial charge < -0.3 is 10.4 Å². The predicted molar refractivity (Wildman–Crippen MR) is 147 cm³/mol. The molecule has 6 nitrogen and oxygen atoms in total. The van der Waals surface area contributed by atoms with Crippen LogP contribution in [0.15, 0.2) is 72.9 Å². The van der Waals surface area contributed by atoms with Crippen molar-refractivity contribution in [1.29, 1.82) is 0 Å². The predicted octanol–water partition coefficient (Wildman–Crippen LogP) is 6.00. The third-order valence-corrected chi connectivity index (χ3v) is 5.64. The number of unbranched alkanes of at least 4 members (excludes halogenated alkanes) is 2. The van der Waals surface area contributed by atoms with Crippen molar-refractivity contribution in [2.45, 2.75) is 90.2 Å². The van der Waals surface area contributed by atoms with Crippen molar-refractivity contribution in [2.24, 2.45) is 0 Å². The Hall–Kier alpha value is -2.22. The van der Waals surface area contributed by atoms with Crippen LogP contribution in [0.1, 0.15) is 78.1 Å². The van der Waals surface area contributed by atoms with Gasteiger partial charge in [0, 0.05) is 6.42 Å². The van der Waals surface area contributed by atoms with Crippen molar-refractivity contribution in [3.05, 3.63) is 72.9 Å². The minimum atomic E-state index is -4.36. The van der Waals surface area contributed by atoms with Gasteiger partial charge >= 0.3 is 0 Å². The fourth-order valence-electron chi connectivity index (χ4n) is 3.01. The minimum Gasteiger partial charge on any atom is -0.387 e. The molecule has 7 heteroatoms. The van der Waals surface area contributed by atoms with Crippen molar-refractivity contribution in [3.63, 3.8) is 0 Å². The second-order valence-corrected chi connectivity index (χ2v) is 9.72. The van der Waals surface area contributed by atoms with Crippen LogP contribution in [0.3, 0.4) is 0 Å². The second kappa shape index (κ2) is 22.3. The third kappa shape index (κ3) is 23.3. The van der Waals surface area contributed by atoms with E-state index in [0.717, 1.165) is 44.9 Å². The van der Waals surface area contributed by atoms with Gasteiger partial charge in [0.05, 0.1) is 17.9 Å². The van der Waals surface area contributed by atoms with E-state index >= 15 is 0 Å². The number of nitrogens with one attached hydrogen (secondary N) is 1. The maximum absolute atomic E-state index is 12.2. The molecule has 3 N–H and O–H groups in total. The van der Waals surface area contributed by atoms with Crippen molar-refractivity contribution >= 4 is 16.0 Å². The first-order valence-electron chi connectivity index (χ1n) is 12.6. The summed E-state index contributed by atoms with van der Waals surface area (Å²) < 4.78 is 31.8. The van der Waals surface area contributed by atoms with Crippen LogP contribution >= 0.6 is 0 Å². The molecule has 0 heterocycles. The van der Waals surface area contributed by atoms with Crippen molar-refractivity contribution < 1.29 is 22.9 Å². The summed E-state index contributed by atoms with van der Waals surface area (Å²) in [4.78, 5) is 12.2. The van der Waals surface area contributed by atoms with E-state index < -0.39 is 28.0 Å². The molecule has 0 rings (SSSR count). The Bertz CT molecular complexity index is 822. The van der Waals surface area contributed by atoms with E-state index in [2.05, 4.69) is 67.8 Å². The SMILES string of the molecule is CC/C=C\C/C=C\C/C=C\C/C=C\CCC(=O)NC(CS(=O)(=O)O)C(O)/C=C/CC/C=C/CCC. The van der Waals surface area contributed by atoms with Gasteiger partial charge in [0.15, 0.2) is 0 Å². The number of hydrogen-bond donors (Lipinski definition) is 3. The molecule has 0 saturated carbocycles. The van der Waals surface area contributed by atoms with E-state index in [1.807, 2.05) is 12.2 Å². The third-order valence-electron chi connectivity index (χ3n) is 4.86. The van der Waals surface area contributed by atoms with E-state index in [1.165, 1.54) is 6.08 Å². The summed E-state index contributed by atoms with van der Waals surface area (Å²) in [6.07, 6.45) is 30.7. The van der Waals surface area contributed by atoms with Crippen LogP contribution in [0.25, 0.3) is 0 Å². The average molecular weight is 508 g/mol. The maximum Gasteiger partial charge on any atom is 0.267 e. The number of carbonyl (C=O) groups excluding carboxylic acids is 1. The molecule has 0 fully saturated rings. The molecule has 1 amide bonds. The molecule has 198 valence electrons. The molecule has 0 aliphatic heterocycles. The largest absolute Gasteiger partial charge is 0.387 e. The minimum absolute atomic E-state index is 0.162. The quantitative estimate of drug-likeness (QED) is 0.107. The Morgan fingerprint density at radius 1 is 0.771 bits per heavy atom. The first-order valence-corrected chi connectivity index (χ1v) is 14.2. The zero-order valence-corrected chi connectivity index (χ0v) is 22.2. The second-order valence-electron chi connectivity index (χ2n) is 8.22. The van der Waals surface area contributed by atoms with Crippen LogP contribution in [0.5, 0.6) is 0 Å². The van der Waals surface area contributed by atoms with Crippen molar-refractivity contribution in [1.82, 2.24) is 5.32 Å². The molecule has 0 aromatic rings. The molecule has 2 atom stereocenters. The van der Waals surface area contributed by atoms with E-state index in [0.29, 0.717) is 12.8 Å². The molecule has 2 unspecified atom stereocenters. The van der Waals surface area contributed by atoms with Crippen LogP contribution < -0.4 is 5.32 Å². The lowest BCUT2D eigenvalue weighted by molar-refractivity contribution is -0.122. The highest BCUT2D eigenvalue weighted by atomic mass is 32.2. The number of allylic oxidation sites excluding steroid dienone is 11. The zero-order chi connectivity index (χ0) is 26.2. The van der Waals surface area contributed by atoms with E-state index in [9.17, 15) is 22.9 Å². The van der Waals surface area contributed by atoms with Gasteiger partial charge in [0.25, 0.3) is 10.1 Å². The molecular formula is C28H45NO5S. The fraction of sp³-hybridized carbons (Fsp3) is 0.536. The van der Waals surface area contributed by atoms with Crippen LogP contribution in [0.2, 0.25) is 0 Å².